The molecule has 5 nitrogen and oxygen atoms in total. The van der Waals surface area contributed by atoms with E-state index in [0.29, 0.717) is 5.56 Å². The molecule has 23 heavy (non-hydrogen) atoms. The van der Waals surface area contributed by atoms with E-state index < -0.39 is 24.1 Å². The fourth-order valence-electron chi connectivity index (χ4n) is 1.86. The molecule has 0 spiro atoms. The van der Waals surface area contributed by atoms with Crippen LogP contribution in [0.5, 0.6) is 5.75 Å². The molecule has 1 aromatic carbocycles. The molecule has 0 aliphatic carbocycles. The van der Waals surface area contributed by atoms with Crippen LogP contribution in [0, 0.1) is 0 Å². The summed E-state index contributed by atoms with van der Waals surface area (Å²) < 4.78 is 40.8. The minimum absolute atomic E-state index is 0.163. The zero-order valence-corrected chi connectivity index (χ0v) is 11.7. The monoisotopic (exact) mass is 326 g/mol. The van der Waals surface area contributed by atoms with Gasteiger partial charge < -0.3 is 15.2 Å². The molecule has 1 amide bonds. The standard InChI is InChI=1S/C15H13F3N2O3/c16-15(17,18)23-13-4-2-1-3-11(13)14(22)20-9-12(21)10-5-7-19-8-6-10/h1-8,12,21H,9H2,(H,20,22)/t12-/m0/s1. The van der Waals surface area contributed by atoms with Crippen molar-refractivity contribution in [1.29, 1.82) is 0 Å². The van der Waals surface area contributed by atoms with E-state index >= 15 is 0 Å². The van der Waals surface area contributed by atoms with E-state index in [1.165, 1.54) is 30.6 Å². The normalized spacial score (nSPS) is 12.5. The second kappa shape index (κ2) is 7.10. The highest BCUT2D eigenvalue weighted by molar-refractivity contribution is 5.96. The summed E-state index contributed by atoms with van der Waals surface area (Å²) in [5.41, 5.74) is 0.256. The van der Waals surface area contributed by atoms with Gasteiger partial charge in [0.05, 0.1) is 11.7 Å². The summed E-state index contributed by atoms with van der Waals surface area (Å²) >= 11 is 0. The van der Waals surface area contributed by atoms with Crippen molar-refractivity contribution >= 4 is 5.91 Å². The second-order valence-electron chi connectivity index (χ2n) is 4.55. The smallest absolute Gasteiger partial charge is 0.405 e. The van der Waals surface area contributed by atoms with Crippen molar-refractivity contribution in [1.82, 2.24) is 10.3 Å². The largest absolute Gasteiger partial charge is 0.573 e. The number of benzene rings is 1. The summed E-state index contributed by atoms with van der Waals surface area (Å²) in [5, 5.41) is 12.3. The Kier molecular flexibility index (Phi) is 5.17. The second-order valence-corrected chi connectivity index (χ2v) is 4.55. The number of aliphatic hydroxyl groups is 1. The lowest BCUT2D eigenvalue weighted by molar-refractivity contribution is -0.274. The maximum atomic E-state index is 12.3. The quantitative estimate of drug-likeness (QED) is 0.885. The van der Waals surface area contributed by atoms with Crippen LogP contribution in [0.3, 0.4) is 0 Å². The molecule has 1 atom stereocenters. The Labute approximate surface area is 129 Å². The molecule has 0 aliphatic heterocycles. The Balaban J connectivity index is 2.04. The van der Waals surface area contributed by atoms with Crippen LogP contribution in [0.25, 0.3) is 0 Å². The molecule has 0 fully saturated rings. The first-order valence-electron chi connectivity index (χ1n) is 6.58. The van der Waals surface area contributed by atoms with E-state index in [-0.39, 0.29) is 12.1 Å². The van der Waals surface area contributed by atoms with Crippen molar-refractivity contribution in [3.63, 3.8) is 0 Å². The molecule has 2 aromatic rings. The SMILES string of the molecule is O=C(NC[C@H](O)c1ccncc1)c1ccccc1OC(F)(F)F. The number of carbonyl (C=O) groups is 1. The average Bonchev–Trinajstić information content (AvgIpc) is 2.52. The molecule has 0 unspecified atom stereocenters. The molecule has 2 N–H and O–H groups in total. The lowest BCUT2D eigenvalue weighted by atomic mass is 10.1. The number of aromatic nitrogens is 1. The van der Waals surface area contributed by atoms with Gasteiger partial charge in [0, 0.05) is 18.9 Å². The fourth-order valence-corrected chi connectivity index (χ4v) is 1.86. The van der Waals surface area contributed by atoms with Gasteiger partial charge in [-0.25, -0.2) is 0 Å². The third kappa shape index (κ3) is 4.96. The minimum Gasteiger partial charge on any atom is -0.405 e. The lowest BCUT2D eigenvalue weighted by Gasteiger charge is -2.15. The zero-order chi connectivity index (χ0) is 16.9. The van der Waals surface area contributed by atoms with Gasteiger partial charge >= 0.3 is 6.36 Å². The van der Waals surface area contributed by atoms with Crippen molar-refractivity contribution in [3.8, 4) is 5.75 Å². The van der Waals surface area contributed by atoms with Gasteiger partial charge in [-0.1, -0.05) is 12.1 Å². The number of ether oxygens (including phenoxy) is 1. The summed E-state index contributed by atoms with van der Waals surface area (Å²) in [6.07, 6.45) is -2.94. The number of pyridine rings is 1. The lowest BCUT2D eigenvalue weighted by Crippen LogP contribution is -2.29. The van der Waals surface area contributed by atoms with Crippen molar-refractivity contribution in [2.24, 2.45) is 0 Å². The van der Waals surface area contributed by atoms with E-state index in [1.54, 1.807) is 12.1 Å². The number of para-hydroxylation sites is 1. The van der Waals surface area contributed by atoms with Crippen LogP contribution in [-0.4, -0.2) is 28.9 Å². The Morgan fingerprint density at radius 1 is 1.22 bits per heavy atom. The number of carbonyl (C=O) groups excluding carboxylic acids is 1. The van der Waals surface area contributed by atoms with Gasteiger partial charge in [0.1, 0.15) is 5.75 Å². The minimum atomic E-state index is -4.90. The Bertz CT molecular complexity index is 663. The van der Waals surface area contributed by atoms with E-state index in [0.717, 1.165) is 6.07 Å². The van der Waals surface area contributed by atoms with Gasteiger partial charge in [-0.15, -0.1) is 13.2 Å². The maximum Gasteiger partial charge on any atom is 0.573 e. The van der Waals surface area contributed by atoms with Crippen LogP contribution in [0.15, 0.2) is 48.8 Å². The molecule has 2 rings (SSSR count). The summed E-state index contributed by atoms with van der Waals surface area (Å²) in [5.74, 6) is -1.38. The van der Waals surface area contributed by atoms with Crippen molar-refractivity contribution in [3.05, 3.63) is 59.9 Å². The average molecular weight is 326 g/mol. The van der Waals surface area contributed by atoms with Gasteiger partial charge in [0.15, 0.2) is 0 Å². The first kappa shape index (κ1) is 16.8. The van der Waals surface area contributed by atoms with Gasteiger partial charge in [0.25, 0.3) is 5.91 Å². The molecular weight excluding hydrogens is 313 g/mol. The van der Waals surface area contributed by atoms with Crippen LogP contribution in [0.2, 0.25) is 0 Å². The van der Waals surface area contributed by atoms with Gasteiger partial charge in [-0.3, -0.25) is 9.78 Å². The zero-order valence-electron chi connectivity index (χ0n) is 11.7. The molecule has 1 aromatic heterocycles. The molecular formula is C15H13F3N2O3. The van der Waals surface area contributed by atoms with Gasteiger partial charge in [0.2, 0.25) is 0 Å². The van der Waals surface area contributed by atoms with Crippen molar-refractivity contribution < 1.29 is 27.8 Å². The molecule has 8 heteroatoms. The van der Waals surface area contributed by atoms with Crippen LogP contribution in [0.1, 0.15) is 22.0 Å². The summed E-state index contributed by atoms with van der Waals surface area (Å²) in [6, 6.07) is 8.12. The summed E-state index contributed by atoms with van der Waals surface area (Å²) in [7, 11) is 0. The first-order valence-corrected chi connectivity index (χ1v) is 6.58. The number of rotatable bonds is 5. The van der Waals surface area contributed by atoms with Crippen LogP contribution in [-0.2, 0) is 0 Å². The Hall–Kier alpha value is -2.61. The molecule has 0 aliphatic rings. The number of aliphatic hydroxyl groups excluding tert-OH is 1. The summed E-state index contributed by atoms with van der Waals surface area (Å²) in [6.45, 7) is -0.163. The highest BCUT2D eigenvalue weighted by atomic mass is 19.4. The van der Waals surface area contributed by atoms with Crippen LogP contribution in [0.4, 0.5) is 13.2 Å². The molecule has 1 heterocycles. The third-order valence-electron chi connectivity index (χ3n) is 2.90. The van der Waals surface area contributed by atoms with E-state index in [9.17, 15) is 23.1 Å². The third-order valence-corrected chi connectivity index (χ3v) is 2.90. The van der Waals surface area contributed by atoms with Crippen LogP contribution >= 0.6 is 0 Å². The fraction of sp³-hybridized carbons (Fsp3) is 0.200. The number of amides is 1. The Morgan fingerprint density at radius 3 is 2.52 bits per heavy atom. The topological polar surface area (TPSA) is 71.5 Å². The summed E-state index contributed by atoms with van der Waals surface area (Å²) in [4.78, 5) is 15.8. The molecule has 0 radical (unpaired) electrons. The van der Waals surface area contributed by atoms with Gasteiger partial charge in [-0.2, -0.15) is 0 Å². The molecule has 0 bridgehead atoms. The first-order chi connectivity index (χ1) is 10.9. The van der Waals surface area contributed by atoms with Gasteiger partial charge in [-0.05, 0) is 29.8 Å². The predicted octanol–water partition coefficient (Wildman–Crippen LogP) is 2.44. The maximum absolute atomic E-state index is 12.3. The predicted molar refractivity (Wildman–Crippen MR) is 74.7 cm³/mol. The number of hydrogen-bond donors (Lipinski definition) is 2. The highest BCUT2D eigenvalue weighted by Crippen LogP contribution is 2.26. The number of hydrogen-bond acceptors (Lipinski definition) is 4. The number of nitrogens with one attached hydrogen (secondary N) is 1. The van der Waals surface area contributed by atoms with Crippen LogP contribution < -0.4 is 10.1 Å². The highest BCUT2D eigenvalue weighted by Gasteiger charge is 2.32. The molecule has 0 saturated carbocycles. The van der Waals surface area contributed by atoms with Crippen molar-refractivity contribution in [2.45, 2.75) is 12.5 Å². The number of halogens is 3. The van der Waals surface area contributed by atoms with E-state index in [1.807, 2.05) is 0 Å². The molecule has 0 saturated heterocycles. The van der Waals surface area contributed by atoms with E-state index in [4.69, 9.17) is 0 Å². The molecule has 122 valence electrons. The van der Waals surface area contributed by atoms with E-state index in [2.05, 4.69) is 15.0 Å². The van der Waals surface area contributed by atoms with Crippen molar-refractivity contribution in [2.75, 3.05) is 6.54 Å². The number of alkyl halides is 3. The number of nitrogens with zero attached hydrogens (tertiary/aromatic N) is 1. The Morgan fingerprint density at radius 2 is 1.87 bits per heavy atom.